The first-order valence-corrected chi connectivity index (χ1v) is 7.93. The van der Waals surface area contributed by atoms with Gasteiger partial charge < -0.3 is 9.47 Å². The van der Waals surface area contributed by atoms with E-state index >= 15 is 0 Å². The molecule has 23 heavy (non-hydrogen) atoms. The molecule has 0 bridgehead atoms. The van der Waals surface area contributed by atoms with Crippen molar-refractivity contribution in [1.29, 1.82) is 0 Å². The average Bonchev–Trinajstić information content (AvgIpc) is 3.32. The fourth-order valence-corrected chi connectivity index (χ4v) is 2.55. The van der Waals surface area contributed by atoms with Crippen molar-refractivity contribution < 1.29 is 14.3 Å². The highest BCUT2D eigenvalue weighted by atomic mass is 16.6. The Morgan fingerprint density at radius 3 is 2.30 bits per heavy atom. The van der Waals surface area contributed by atoms with Crippen LogP contribution in [0.3, 0.4) is 0 Å². The lowest BCUT2D eigenvalue weighted by Crippen LogP contribution is -2.13. The van der Waals surface area contributed by atoms with Crippen LogP contribution in [0.15, 0.2) is 54.6 Å². The van der Waals surface area contributed by atoms with E-state index < -0.39 is 0 Å². The summed E-state index contributed by atoms with van der Waals surface area (Å²) in [6.07, 6.45) is 0.0162. The van der Waals surface area contributed by atoms with Gasteiger partial charge in [-0.25, -0.2) is 4.79 Å². The van der Waals surface area contributed by atoms with Crippen LogP contribution in [-0.2, 0) is 14.9 Å². The summed E-state index contributed by atoms with van der Waals surface area (Å²) in [5.74, 6) is -0.298. The summed E-state index contributed by atoms with van der Waals surface area (Å²) in [6, 6.07) is 17.6. The molecule has 0 amide bonds. The number of hydrogen-bond donors (Lipinski definition) is 0. The largest absolute Gasteiger partial charge is 0.459 e. The van der Waals surface area contributed by atoms with Crippen molar-refractivity contribution in [2.75, 3.05) is 6.61 Å². The zero-order valence-electron chi connectivity index (χ0n) is 13.8. The van der Waals surface area contributed by atoms with Crippen LogP contribution in [0.1, 0.15) is 48.4 Å². The second kappa shape index (κ2) is 6.17. The lowest BCUT2D eigenvalue weighted by atomic mass is 9.87. The Balaban J connectivity index is 1.53. The molecule has 2 unspecified atom stereocenters. The van der Waals surface area contributed by atoms with Crippen LogP contribution < -0.4 is 0 Å². The maximum atomic E-state index is 12.1. The second-order valence-electron chi connectivity index (χ2n) is 6.93. The first-order valence-electron chi connectivity index (χ1n) is 7.93. The number of epoxide rings is 1. The van der Waals surface area contributed by atoms with E-state index in [4.69, 9.17) is 9.47 Å². The second-order valence-corrected chi connectivity index (χ2v) is 6.93. The fourth-order valence-electron chi connectivity index (χ4n) is 2.55. The van der Waals surface area contributed by atoms with Gasteiger partial charge in [0.05, 0.1) is 5.56 Å². The van der Waals surface area contributed by atoms with Gasteiger partial charge in [-0.3, -0.25) is 0 Å². The minimum Gasteiger partial charge on any atom is -0.459 e. The van der Waals surface area contributed by atoms with E-state index in [-0.39, 0.29) is 23.6 Å². The Morgan fingerprint density at radius 1 is 1.04 bits per heavy atom. The Morgan fingerprint density at radius 2 is 1.70 bits per heavy atom. The van der Waals surface area contributed by atoms with E-state index in [9.17, 15) is 4.79 Å². The summed E-state index contributed by atoms with van der Waals surface area (Å²) >= 11 is 0. The van der Waals surface area contributed by atoms with E-state index in [1.165, 1.54) is 5.56 Å². The number of carbonyl (C=O) groups excluding carboxylic acids is 1. The first kappa shape index (κ1) is 15.8. The summed E-state index contributed by atoms with van der Waals surface area (Å²) in [4.78, 5) is 12.1. The molecule has 0 N–H and O–H groups in total. The lowest BCUT2D eigenvalue weighted by Gasteiger charge is -2.18. The van der Waals surface area contributed by atoms with Gasteiger partial charge in [0.1, 0.15) is 18.8 Å². The molecule has 3 nitrogen and oxygen atoms in total. The van der Waals surface area contributed by atoms with Crippen LogP contribution in [0.4, 0.5) is 0 Å². The molecule has 2 atom stereocenters. The van der Waals surface area contributed by atoms with Gasteiger partial charge in [-0.15, -0.1) is 0 Å². The Bertz CT molecular complexity index is 668. The fraction of sp³-hybridized carbons (Fsp3) is 0.350. The molecule has 1 heterocycles. The van der Waals surface area contributed by atoms with E-state index in [0.717, 1.165) is 5.56 Å². The average molecular weight is 310 g/mol. The van der Waals surface area contributed by atoms with Gasteiger partial charge in [0.15, 0.2) is 0 Å². The van der Waals surface area contributed by atoms with E-state index in [1.54, 1.807) is 0 Å². The van der Waals surface area contributed by atoms with Gasteiger partial charge in [-0.2, -0.15) is 0 Å². The van der Waals surface area contributed by atoms with Crippen molar-refractivity contribution in [3.63, 3.8) is 0 Å². The van der Waals surface area contributed by atoms with Crippen molar-refractivity contribution in [2.45, 2.75) is 38.4 Å². The summed E-state index contributed by atoms with van der Waals surface area (Å²) in [5, 5.41) is 0. The summed E-state index contributed by atoms with van der Waals surface area (Å²) in [7, 11) is 0. The molecule has 1 aliphatic heterocycles. The maximum Gasteiger partial charge on any atom is 0.338 e. The molecule has 2 aromatic rings. The molecule has 0 saturated carbocycles. The van der Waals surface area contributed by atoms with Gasteiger partial charge in [-0.1, -0.05) is 63.2 Å². The Labute approximate surface area is 137 Å². The SMILES string of the molecule is CC(C)(C)c1ccc(C(=O)OCC2OC2c2ccccc2)cc1. The maximum absolute atomic E-state index is 12.1. The van der Waals surface area contributed by atoms with E-state index in [2.05, 4.69) is 20.8 Å². The molecule has 2 aromatic carbocycles. The normalized spacial score (nSPS) is 20.1. The molecule has 0 spiro atoms. The van der Waals surface area contributed by atoms with Crippen LogP contribution in [0.5, 0.6) is 0 Å². The number of carbonyl (C=O) groups is 1. The monoisotopic (exact) mass is 310 g/mol. The zero-order valence-corrected chi connectivity index (χ0v) is 13.8. The summed E-state index contributed by atoms with van der Waals surface area (Å²) < 4.78 is 10.9. The Kier molecular flexibility index (Phi) is 4.22. The molecule has 120 valence electrons. The van der Waals surface area contributed by atoms with Crippen LogP contribution in [0.25, 0.3) is 0 Å². The molecule has 0 radical (unpaired) electrons. The van der Waals surface area contributed by atoms with E-state index in [1.807, 2.05) is 54.6 Å². The molecule has 3 heteroatoms. The highest BCUT2D eigenvalue weighted by Gasteiger charge is 2.41. The number of esters is 1. The number of ether oxygens (including phenoxy) is 2. The van der Waals surface area contributed by atoms with Crippen LogP contribution in [0.2, 0.25) is 0 Å². The molecule has 0 aliphatic carbocycles. The minimum absolute atomic E-state index is 0.0322. The number of hydrogen-bond acceptors (Lipinski definition) is 3. The zero-order chi connectivity index (χ0) is 16.4. The van der Waals surface area contributed by atoms with Gasteiger partial charge in [0.25, 0.3) is 0 Å². The van der Waals surface area contributed by atoms with Crippen LogP contribution in [-0.4, -0.2) is 18.7 Å². The third-order valence-electron chi connectivity index (χ3n) is 4.08. The predicted octanol–water partition coefficient (Wildman–Crippen LogP) is 4.28. The molecule has 1 aliphatic rings. The van der Waals surface area contributed by atoms with Crippen LogP contribution >= 0.6 is 0 Å². The predicted molar refractivity (Wildman–Crippen MR) is 89.5 cm³/mol. The van der Waals surface area contributed by atoms with Crippen LogP contribution in [0, 0.1) is 0 Å². The highest BCUT2D eigenvalue weighted by Crippen LogP contribution is 2.38. The van der Waals surface area contributed by atoms with Gasteiger partial charge in [-0.05, 0) is 28.7 Å². The molecule has 1 saturated heterocycles. The van der Waals surface area contributed by atoms with Gasteiger partial charge in [0, 0.05) is 0 Å². The van der Waals surface area contributed by atoms with Crippen molar-refractivity contribution in [3.05, 3.63) is 71.3 Å². The topological polar surface area (TPSA) is 38.8 Å². The summed E-state index contributed by atoms with van der Waals surface area (Å²) in [6.45, 7) is 6.73. The van der Waals surface area contributed by atoms with Crippen molar-refractivity contribution in [3.8, 4) is 0 Å². The third kappa shape index (κ3) is 3.80. The molecular weight excluding hydrogens is 288 g/mol. The van der Waals surface area contributed by atoms with Crippen molar-refractivity contribution >= 4 is 5.97 Å². The first-order chi connectivity index (χ1) is 10.9. The Hall–Kier alpha value is -2.13. The molecule has 0 aromatic heterocycles. The van der Waals surface area contributed by atoms with E-state index in [0.29, 0.717) is 12.2 Å². The highest BCUT2D eigenvalue weighted by molar-refractivity contribution is 5.89. The molecule has 3 rings (SSSR count). The van der Waals surface area contributed by atoms with Crippen molar-refractivity contribution in [2.24, 2.45) is 0 Å². The van der Waals surface area contributed by atoms with Gasteiger partial charge in [0.2, 0.25) is 0 Å². The molecule has 1 fully saturated rings. The number of rotatable bonds is 4. The number of benzene rings is 2. The minimum atomic E-state index is -0.298. The smallest absolute Gasteiger partial charge is 0.338 e. The third-order valence-corrected chi connectivity index (χ3v) is 4.08. The van der Waals surface area contributed by atoms with Crippen molar-refractivity contribution in [1.82, 2.24) is 0 Å². The lowest BCUT2D eigenvalue weighted by molar-refractivity contribution is 0.0476. The summed E-state index contributed by atoms with van der Waals surface area (Å²) in [5.41, 5.74) is 2.98. The molecular formula is C20H22O3. The quantitative estimate of drug-likeness (QED) is 0.625. The van der Waals surface area contributed by atoms with Gasteiger partial charge >= 0.3 is 5.97 Å². The standard InChI is InChI=1S/C20H22O3/c1-20(2,3)16-11-9-15(10-12-16)19(21)22-13-17-18(23-17)14-7-5-4-6-8-14/h4-12,17-18H,13H2,1-3H3.